The quantitative estimate of drug-likeness (QED) is 0.632. The molecule has 3 nitrogen and oxygen atoms in total. The van der Waals surface area contributed by atoms with E-state index in [4.69, 9.17) is 4.74 Å². The van der Waals surface area contributed by atoms with Crippen molar-refractivity contribution in [1.29, 1.82) is 0 Å². The number of ether oxygens (including phenoxy) is 1. The zero-order chi connectivity index (χ0) is 15.6. The van der Waals surface area contributed by atoms with E-state index in [1.807, 2.05) is 37.3 Å². The lowest BCUT2D eigenvalue weighted by atomic mass is 9.95. The van der Waals surface area contributed by atoms with E-state index in [-0.39, 0.29) is 17.3 Å². The van der Waals surface area contributed by atoms with Gasteiger partial charge in [-0.1, -0.05) is 50.0 Å². The first kappa shape index (κ1) is 15.4. The molecule has 0 saturated heterocycles. The Morgan fingerprint density at radius 2 is 1.67 bits per heavy atom. The molecule has 0 N–H and O–H groups in total. The number of benzene rings is 1. The van der Waals surface area contributed by atoms with Gasteiger partial charge < -0.3 is 4.74 Å². The molecule has 0 unspecified atom stereocenters. The summed E-state index contributed by atoms with van der Waals surface area (Å²) in [4.78, 5) is 25.3. The molecule has 0 aromatic heterocycles. The van der Waals surface area contributed by atoms with Gasteiger partial charge in [-0.05, 0) is 12.5 Å². The van der Waals surface area contributed by atoms with E-state index in [1.54, 1.807) is 0 Å². The van der Waals surface area contributed by atoms with Crippen molar-refractivity contribution in [3.63, 3.8) is 0 Å². The predicted octanol–water partition coefficient (Wildman–Crippen LogP) is 3.39. The smallest absolute Gasteiger partial charge is 0.220 e. The van der Waals surface area contributed by atoms with Crippen LogP contribution in [0.4, 0.5) is 0 Å². The Morgan fingerprint density at radius 3 is 2.19 bits per heavy atom. The first-order chi connectivity index (χ1) is 9.86. The maximum Gasteiger partial charge on any atom is 0.220 e. The highest BCUT2D eigenvalue weighted by Crippen LogP contribution is 2.33. The van der Waals surface area contributed by atoms with Crippen molar-refractivity contribution in [2.45, 2.75) is 26.6 Å². The van der Waals surface area contributed by atoms with Gasteiger partial charge in [-0.15, -0.1) is 0 Å². The number of Topliss-reactive ketones (excluding diaryl/α,β-unsaturated/α-hetero) is 1. The molecule has 0 amide bonds. The number of rotatable bonds is 4. The minimum absolute atomic E-state index is 0.130. The Morgan fingerprint density at radius 1 is 1.05 bits per heavy atom. The molecule has 1 aliphatic carbocycles. The SMILES string of the molecule is CCOC1=CC(=O)C(c2ccccc2)=C([Si](C)(C)C)C1=O. The van der Waals surface area contributed by atoms with Crippen LogP contribution in [0.15, 0.2) is 47.4 Å². The Balaban J connectivity index is 2.65. The lowest BCUT2D eigenvalue weighted by Crippen LogP contribution is -2.35. The Hall–Kier alpha value is -1.94. The monoisotopic (exact) mass is 300 g/mol. The number of allylic oxidation sites excluding steroid dienone is 3. The molecule has 0 radical (unpaired) electrons. The van der Waals surface area contributed by atoms with Crippen molar-refractivity contribution in [3.8, 4) is 0 Å². The maximum absolute atomic E-state index is 12.7. The van der Waals surface area contributed by atoms with Gasteiger partial charge in [0.15, 0.2) is 11.5 Å². The molecule has 1 aliphatic rings. The Kier molecular flexibility index (Phi) is 4.28. The van der Waals surface area contributed by atoms with E-state index in [1.165, 1.54) is 6.08 Å². The number of hydrogen-bond donors (Lipinski definition) is 0. The van der Waals surface area contributed by atoms with Crippen LogP contribution in [0.25, 0.3) is 5.57 Å². The van der Waals surface area contributed by atoms with Crippen LogP contribution in [0.5, 0.6) is 0 Å². The molecule has 0 saturated carbocycles. The second-order valence-electron chi connectivity index (χ2n) is 6.00. The second-order valence-corrected chi connectivity index (χ2v) is 11.0. The van der Waals surface area contributed by atoms with E-state index >= 15 is 0 Å². The van der Waals surface area contributed by atoms with Crippen LogP contribution in [-0.2, 0) is 14.3 Å². The summed E-state index contributed by atoms with van der Waals surface area (Å²) in [7, 11) is -1.99. The number of carbonyl (C=O) groups excluding carboxylic acids is 2. The minimum Gasteiger partial charge on any atom is -0.490 e. The first-order valence-electron chi connectivity index (χ1n) is 7.10. The number of carbonyl (C=O) groups is 2. The van der Waals surface area contributed by atoms with Crippen LogP contribution in [-0.4, -0.2) is 26.2 Å². The third-order valence-corrected chi connectivity index (χ3v) is 5.30. The fraction of sp³-hybridized carbons (Fsp3) is 0.294. The molecule has 2 rings (SSSR count). The van der Waals surface area contributed by atoms with Gasteiger partial charge >= 0.3 is 0 Å². The molecule has 1 aromatic rings. The highest BCUT2D eigenvalue weighted by atomic mass is 28.3. The largest absolute Gasteiger partial charge is 0.490 e. The van der Waals surface area contributed by atoms with Crippen LogP contribution < -0.4 is 0 Å². The highest BCUT2D eigenvalue weighted by molar-refractivity contribution is 6.90. The molecule has 21 heavy (non-hydrogen) atoms. The molecule has 0 bridgehead atoms. The van der Waals surface area contributed by atoms with Gasteiger partial charge in [-0.25, -0.2) is 0 Å². The fourth-order valence-corrected chi connectivity index (χ4v) is 4.31. The van der Waals surface area contributed by atoms with Gasteiger partial charge in [-0.3, -0.25) is 9.59 Å². The Labute approximate surface area is 126 Å². The molecular formula is C17H20O3Si. The summed E-state index contributed by atoms with van der Waals surface area (Å²) in [5.41, 5.74) is 1.35. The summed E-state index contributed by atoms with van der Waals surface area (Å²) in [6.07, 6.45) is 1.33. The summed E-state index contributed by atoms with van der Waals surface area (Å²) in [5, 5.41) is 0.657. The number of ketones is 2. The Bertz CT molecular complexity index is 634. The predicted molar refractivity (Wildman–Crippen MR) is 86.4 cm³/mol. The van der Waals surface area contributed by atoms with Gasteiger partial charge in [-0.2, -0.15) is 0 Å². The molecule has 0 atom stereocenters. The van der Waals surface area contributed by atoms with Crippen LogP contribution in [0, 0.1) is 0 Å². The lowest BCUT2D eigenvalue weighted by Gasteiger charge is -2.27. The van der Waals surface area contributed by atoms with Gasteiger partial charge in [0.2, 0.25) is 5.78 Å². The molecular weight excluding hydrogens is 280 g/mol. The molecule has 0 spiro atoms. The van der Waals surface area contributed by atoms with Crippen molar-refractivity contribution >= 4 is 25.2 Å². The van der Waals surface area contributed by atoms with E-state index in [2.05, 4.69) is 19.6 Å². The normalized spacial score (nSPS) is 16.1. The van der Waals surface area contributed by atoms with Gasteiger partial charge in [0.25, 0.3) is 0 Å². The van der Waals surface area contributed by atoms with Crippen LogP contribution in [0.1, 0.15) is 12.5 Å². The van der Waals surface area contributed by atoms with Crippen LogP contribution in [0.3, 0.4) is 0 Å². The van der Waals surface area contributed by atoms with Gasteiger partial charge in [0, 0.05) is 16.8 Å². The summed E-state index contributed by atoms with van der Waals surface area (Å²) >= 11 is 0. The molecule has 0 aliphatic heterocycles. The molecule has 0 fully saturated rings. The zero-order valence-electron chi connectivity index (χ0n) is 12.9. The average Bonchev–Trinajstić information content (AvgIpc) is 2.42. The summed E-state index contributed by atoms with van der Waals surface area (Å²) in [6, 6.07) is 9.41. The molecule has 4 heteroatoms. The van der Waals surface area contributed by atoms with Gasteiger partial charge in [0.05, 0.1) is 14.7 Å². The molecule has 1 aromatic carbocycles. The van der Waals surface area contributed by atoms with Crippen molar-refractivity contribution in [2.24, 2.45) is 0 Å². The zero-order valence-corrected chi connectivity index (χ0v) is 13.9. The van der Waals surface area contributed by atoms with Crippen LogP contribution >= 0.6 is 0 Å². The average molecular weight is 300 g/mol. The third-order valence-electron chi connectivity index (χ3n) is 3.32. The highest BCUT2D eigenvalue weighted by Gasteiger charge is 2.37. The third kappa shape index (κ3) is 3.05. The maximum atomic E-state index is 12.7. The first-order valence-corrected chi connectivity index (χ1v) is 10.6. The van der Waals surface area contributed by atoms with Crippen molar-refractivity contribution in [2.75, 3.05) is 6.61 Å². The second kappa shape index (κ2) is 5.82. The van der Waals surface area contributed by atoms with E-state index in [9.17, 15) is 9.59 Å². The fourth-order valence-electron chi connectivity index (χ4n) is 2.49. The van der Waals surface area contributed by atoms with Gasteiger partial charge in [0.1, 0.15) is 0 Å². The number of hydrogen-bond acceptors (Lipinski definition) is 3. The summed E-state index contributed by atoms with van der Waals surface area (Å²) in [5.74, 6) is -0.0873. The van der Waals surface area contributed by atoms with Crippen molar-refractivity contribution in [1.82, 2.24) is 0 Å². The van der Waals surface area contributed by atoms with E-state index < -0.39 is 8.07 Å². The summed E-state index contributed by atoms with van der Waals surface area (Å²) < 4.78 is 5.35. The van der Waals surface area contributed by atoms with Crippen molar-refractivity contribution < 1.29 is 14.3 Å². The van der Waals surface area contributed by atoms with E-state index in [0.717, 1.165) is 5.56 Å². The molecule has 110 valence electrons. The van der Waals surface area contributed by atoms with Crippen molar-refractivity contribution in [3.05, 3.63) is 52.9 Å². The minimum atomic E-state index is -1.99. The lowest BCUT2D eigenvalue weighted by molar-refractivity contribution is -0.117. The molecule has 0 heterocycles. The topological polar surface area (TPSA) is 43.4 Å². The van der Waals surface area contributed by atoms with Crippen LogP contribution in [0.2, 0.25) is 19.6 Å². The standard InChI is InChI=1S/C17H20O3Si/c1-5-20-14-11-13(18)15(12-9-7-6-8-10-12)17(16(14)19)21(2,3)4/h6-11H,5H2,1-4H3. The summed E-state index contributed by atoms with van der Waals surface area (Å²) in [6.45, 7) is 8.41. The van der Waals surface area contributed by atoms with E-state index in [0.29, 0.717) is 17.4 Å².